The Hall–Kier alpha value is -0.860. The lowest BCUT2D eigenvalue weighted by molar-refractivity contribution is 0.229. The van der Waals surface area contributed by atoms with Gasteiger partial charge in [0.05, 0.1) is 0 Å². The molecule has 0 heterocycles. The van der Waals surface area contributed by atoms with Gasteiger partial charge in [-0.2, -0.15) is 0 Å². The van der Waals surface area contributed by atoms with Gasteiger partial charge in [-0.25, -0.2) is 0 Å². The molecular weight excluding hydrogens is 186 g/mol. The standard InChI is InChI=1S/C13H21NO/c1-10-6-4-5-7-12(10)13(3,8-9-15)11(2)14/h4-7,11,15H,8-9,14H2,1-3H3. The first kappa shape index (κ1) is 12.2. The first-order valence-electron chi connectivity index (χ1n) is 5.45. The number of aliphatic hydroxyl groups is 1. The van der Waals surface area contributed by atoms with E-state index in [-0.39, 0.29) is 18.1 Å². The van der Waals surface area contributed by atoms with Gasteiger partial charge in [0.25, 0.3) is 0 Å². The van der Waals surface area contributed by atoms with Gasteiger partial charge in [-0.05, 0) is 31.4 Å². The second-order valence-corrected chi connectivity index (χ2v) is 4.49. The predicted molar refractivity (Wildman–Crippen MR) is 63.9 cm³/mol. The Morgan fingerprint density at radius 1 is 1.40 bits per heavy atom. The summed E-state index contributed by atoms with van der Waals surface area (Å²) in [5.74, 6) is 0. The molecule has 0 aliphatic heterocycles. The van der Waals surface area contributed by atoms with Crippen LogP contribution in [0.1, 0.15) is 31.4 Å². The Morgan fingerprint density at radius 2 is 2.00 bits per heavy atom. The molecule has 0 fully saturated rings. The Morgan fingerprint density at radius 3 is 2.47 bits per heavy atom. The first-order chi connectivity index (χ1) is 7.02. The van der Waals surface area contributed by atoms with Crippen LogP contribution in [0.25, 0.3) is 0 Å². The van der Waals surface area contributed by atoms with Crippen molar-refractivity contribution in [3.05, 3.63) is 35.4 Å². The highest BCUT2D eigenvalue weighted by Gasteiger charge is 2.31. The largest absolute Gasteiger partial charge is 0.396 e. The SMILES string of the molecule is Cc1ccccc1C(C)(CCO)C(C)N. The number of hydrogen-bond donors (Lipinski definition) is 2. The topological polar surface area (TPSA) is 46.2 Å². The third-order valence-corrected chi connectivity index (χ3v) is 3.40. The van der Waals surface area contributed by atoms with Crippen LogP contribution in [-0.2, 0) is 5.41 Å². The second-order valence-electron chi connectivity index (χ2n) is 4.49. The van der Waals surface area contributed by atoms with Gasteiger partial charge < -0.3 is 10.8 Å². The molecule has 1 aromatic rings. The summed E-state index contributed by atoms with van der Waals surface area (Å²) in [4.78, 5) is 0. The summed E-state index contributed by atoms with van der Waals surface area (Å²) >= 11 is 0. The van der Waals surface area contributed by atoms with Gasteiger partial charge in [0.2, 0.25) is 0 Å². The molecule has 0 aromatic heterocycles. The zero-order valence-electron chi connectivity index (χ0n) is 9.83. The van der Waals surface area contributed by atoms with Crippen molar-refractivity contribution in [2.45, 2.75) is 38.6 Å². The Kier molecular flexibility index (Phi) is 3.89. The van der Waals surface area contributed by atoms with E-state index in [0.29, 0.717) is 6.42 Å². The zero-order valence-corrected chi connectivity index (χ0v) is 9.83. The minimum absolute atomic E-state index is 0.0331. The van der Waals surface area contributed by atoms with Crippen LogP contribution in [0.5, 0.6) is 0 Å². The Bertz CT molecular complexity index is 322. The number of aliphatic hydroxyl groups excluding tert-OH is 1. The molecule has 0 bridgehead atoms. The van der Waals surface area contributed by atoms with Crippen LogP contribution in [0.4, 0.5) is 0 Å². The zero-order chi connectivity index (χ0) is 11.5. The van der Waals surface area contributed by atoms with E-state index < -0.39 is 0 Å². The van der Waals surface area contributed by atoms with E-state index in [1.807, 2.05) is 19.1 Å². The minimum Gasteiger partial charge on any atom is -0.396 e. The molecule has 1 aromatic carbocycles. The number of rotatable bonds is 4. The lowest BCUT2D eigenvalue weighted by Crippen LogP contribution is -2.42. The van der Waals surface area contributed by atoms with Crippen molar-refractivity contribution >= 4 is 0 Å². The quantitative estimate of drug-likeness (QED) is 0.793. The highest BCUT2D eigenvalue weighted by Crippen LogP contribution is 2.32. The van der Waals surface area contributed by atoms with Crippen LogP contribution in [0.15, 0.2) is 24.3 Å². The average Bonchev–Trinajstić information content (AvgIpc) is 2.18. The molecule has 3 N–H and O–H groups in total. The molecular formula is C13H21NO. The summed E-state index contributed by atoms with van der Waals surface area (Å²) < 4.78 is 0. The maximum Gasteiger partial charge on any atom is 0.0440 e. The third kappa shape index (κ3) is 2.39. The van der Waals surface area contributed by atoms with Crippen molar-refractivity contribution in [1.82, 2.24) is 0 Å². The summed E-state index contributed by atoms with van der Waals surface area (Å²) in [6.45, 7) is 6.39. The van der Waals surface area contributed by atoms with Crippen LogP contribution < -0.4 is 5.73 Å². The van der Waals surface area contributed by atoms with Gasteiger partial charge in [-0.3, -0.25) is 0 Å². The van der Waals surface area contributed by atoms with Crippen molar-refractivity contribution in [3.8, 4) is 0 Å². The molecule has 0 amide bonds. The highest BCUT2D eigenvalue weighted by molar-refractivity contribution is 5.34. The van der Waals surface area contributed by atoms with Gasteiger partial charge in [0, 0.05) is 18.1 Å². The van der Waals surface area contributed by atoms with Crippen LogP contribution in [0.3, 0.4) is 0 Å². The maximum atomic E-state index is 9.15. The molecule has 2 unspecified atom stereocenters. The lowest BCUT2D eigenvalue weighted by Gasteiger charge is -2.35. The molecule has 0 aliphatic rings. The molecule has 2 atom stereocenters. The van der Waals surface area contributed by atoms with Crippen molar-refractivity contribution in [3.63, 3.8) is 0 Å². The molecule has 0 saturated carbocycles. The maximum absolute atomic E-state index is 9.15. The number of aryl methyl sites for hydroxylation is 1. The molecule has 1 rings (SSSR count). The van der Waals surface area contributed by atoms with Gasteiger partial charge in [0.1, 0.15) is 0 Å². The number of nitrogens with two attached hydrogens (primary N) is 1. The highest BCUT2D eigenvalue weighted by atomic mass is 16.3. The van der Waals surface area contributed by atoms with Crippen molar-refractivity contribution in [2.75, 3.05) is 6.61 Å². The Balaban J connectivity index is 3.15. The van der Waals surface area contributed by atoms with E-state index in [0.717, 1.165) is 0 Å². The van der Waals surface area contributed by atoms with E-state index in [1.165, 1.54) is 11.1 Å². The number of benzene rings is 1. The fraction of sp³-hybridized carbons (Fsp3) is 0.538. The van der Waals surface area contributed by atoms with Gasteiger partial charge in [0.15, 0.2) is 0 Å². The van der Waals surface area contributed by atoms with Crippen LogP contribution in [0, 0.1) is 6.92 Å². The van der Waals surface area contributed by atoms with E-state index in [2.05, 4.69) is 26.0 Å². The van der Waals surface area contributed by atoms with E-state index in [1.54, 1.807) is 0 Å². The molecule has 15 heavy (non-hydrogen) atoms. The summed E-state index contributed by atoms with van der Waals surface area (Å²) in [6, 6.07) is 8.28. The van der Waals surface area contributed by atoms with Gasteiger partial charge in [-0.15, -0.1) is 0 Å². The summed E-state index contributed by atoms with van der Waals surface area (Å²) in [5, 5.41) is 9.15. The molecule has 0 aliphatic carbocycles. The predicted octanol–water partition coefficient (Wildman–Crippen LogP) is 1.98. The monoisotopic (exact) mass is 207 g/mol. The smallest absolute Gasteiger partial charge is 0.0440 e. The summed E-state index contributed by atoms with van der Waals surface area (Å²) in [6.07, 6.45) is 0.704. The van der Waals surface area contributed by atoms with Gasteiger partial charge in [-0.1, -0.05) is 31.2 Å². The van der Waals surface area contributed by atoms with Gasteiger partial charge >= 0.3 is 0 Å². The lowest BCUT2D eigenvalue weighted by atomic mass is 9.73. The van der Waals surface area contributed by atoms with Crippen LogP contribution in [0.2, 0.25) is 0 Å². The Labute approximate surface area is 92.1 Å². The fourth-order valence-electron chi connectivity index (χ4n) is 2.05. The molecule has 0 spiro atoms. The van der Waals surface area contributed by atoms with E-state index in [9.17, 15) is 0 Å². The van der Waals surface area contributed by atoms with Crippen molar-refractivity contribution in [2.24, 2.45) is 5.73 Å². The first-order valence-corrected chi connectivity index (χ1v) is 5.45. The fourth-order valence-corrected chi connectivity index (χ4v) is 2.05. The number of hydrogen-bond acceptors (Lipinski definition) is 2. The third-order valence-electron chi connectivity index (χ3n) is 3.40. The van der Waals surface area contributed by atoms with Crippen molar-refractivity contribution in [1.29, 1.82) is 0 Å². The molecule has 0 radical (unpaired) electrons. The van der Waals surface area contributed by atoms with E-state index in [4.69, 9.17) is 10.8 Å². The molecule has 2 nitrogen and oxygen atoms in total. The second kappa shape index (κ2) is 4.77. The average molecular weight is 207 g/mol. The summed E-state index contributed by atoms with van der Waals surface area (Å²) in [7, 11) is 0. The molecule has 2 heteroatoms. The summed E-state index contributed by atoms with van der Waals surface area (Å²) in [5.41, 5.74) is 8.39. The molecule has 0 saturated heterocycles. The minimum atomic E-state index is -0.139. The molecule has 84 valence electrons. The van der Waals surface area contributed by atoms with E-state index >= 15 is 0 Å². The van der Waals surface area contributed by atoms with Crippen molar-refractivity contribution < 1.29 is 5.11 Å². The normalized spacial score (nSPS) is 17.1. The van der Waals surface area contributed by atoms with Crippen LogP contribution in [-0.4, -0.2) is 17.8 Å². The van der Waals surface area contributed by atoms with Crippen LogP contribution >= 0.6 is 0 Å².